The van der Waals surface area contributed by atoms with Crippen LogP contribution in [0.1, 0.15) is 38.3 Å². The number of aromatic nitrogens is 2. The lowest BCUT2D eigenvalue weighted by Crippen LogP contribution is -2.22. The predicted molar refractivity (Wildman–Crippen MR) is 139 cm³/mol. The fourth-order valence-electron chi connectivity index (χ4n) is 4.75. The van der Waals surface area contributed by atoms with E-state index in [0.29, 0.717) is 34.3 Å². The van der Waals surface area contributed by atoms with Crippen molar-refractivity contribution in [3.63, 3.8) is 0 Å². The third-order valence-electron chi connectivity index (χ3n) is 6.73. The predicted octanol–water partition coefficient (Wildman–Crippen LogP) is 4.90. The number of benzene rings is 2. The largest absolute Gasteiger partial charge is 0.477 e. The third-order valence-corrected chi connectivity index (χ3v) is 9.36. The molecule has 0 spiro atoms. The van der Waals surface area contributed by atoms with Crippen LogP contribution >= 0.6 is 15.9 Å². The van der Waals surface area contributed by atoms with Gasteiger partial charge in [0.1, 0.15) is 10.6 Å². The van der Waals surface area contributed by atoms with Crippen LogP contribution in [0.4, 0.5) is 0 Å². The summed E-state index contributed by atoms with van der Waals surface area (Å²) in [5, 5.41) is 10.0. The summed E-state index contributed by atoms with van der Waals surface area (Å²) < 4.78 is 28.5. The van der Waals surface area contributed by atoms with E-state index in [-0.39, 0.29) is 22.0 Å². The zero-order valence-corrected chi connectivity index (χ0v) is 22.0. The molecule has 0 aliphatic heterocycles. The Balaban J connectivity index is 1.71. The van der Waals surface area contributed by atoms with Gasteiger partial charge >= 0.3 is 5.97 Å². The zero-order chi connectivity index (χ0) is 25.8. The molecule has 2 aromatic heterocycles. The van der Waals surface area contributed by atoms with E-state index in [0.717, 1.165) is 22.3 Å². The highest BCUT2D eigenvalue weighted by Gasteiger charge is 2.32. The fourth-order valence-corrected chi connectivity index (χ4v) is 6.88. The third kappa shape index (κ3) is 3.92. The number of hydrogen-bond donors (Lipinski definition) is 2. The first kappa shape index (κ1) is 24.3. The average Bonchev–Trinajstić information content (AvgIpc) is 3.13. The van der Waals surface area contributed by atoms with Gasteiger partial charge < -0.3 is 14.7 Å². The van der Waals surface area contributed by atoms with Crippen molar-refractivity contribution in [1.82, 2.24) is 9.55 Å². The van der Waals surface area contributed by atoms with Crippen LogP contribution in [0.3, 0.4) is 0 Å². The first-order chi connectivity index (χ1) is 17.1. The summed E-state index contributed by atoms with van der Waals surface area (Å²) in [5.74, 6) is -1.09. The molecule has 5 rings (SSSR count). The van der Waals surface area contributed by atoms with Crippen molar-refractivity contribution in [3.8, 4) is 11.4 Å². The lowest BCUT2D eigenvalue weighted by atomic mass is 9.94. The van der Waals surface area contributed by atoms with Gasteiger partial charge in [-0.2, -0.15) is 0 Å². The van der Waals surface area contributed by atoms with Gasteiger partial charge in [0.2, 0.25) is 9.84 Å². The van der Waals surface area contributed by atoms with E-state index in [1.165, 1.54) is 18.2 Å². The zero-order valence-electron chi connectivity index (χ0n) is 19.6. The minimum absolute atomic E-state index is 0.0426. The van der Waals surface area contributed by atoms with Crippen LogP contribution in [0.2, 0.25) is 0 Å². The van der Waals surface area contributed by atoms with Gasteiger partial charge in [0.05, 0.1) is 20.8 Å². The number of nitrogens with zero attached hydrogens (tertiary/aromatic N) is 1. The monoisotopic (exact) mass is 566 g/mol. The number of hydrogen-bond acceptors (Lipinski definition) is 4. The van der Waals surface area contributed by atoms with Crippen LogP contribution in [0.15, 0.2) is 73.7 Å². The van der Waals surface area contributed by atoms with Gasteiger partial charge in [-0.15, -0.1) is 0 Å². The van der Waals surface area contributed by atoms with E-state index in [1.807, 2.05) is 32.0 Å². The fraction of sp³-hybridized carbons (Fsp3) is 0.185. The summed E-state index contributed by atoms with van der Waals surface area (Å²) in [6.07, 6.45) is 0.960. The van der Waals surface area contributed by atoms with Crippen molar-refractivity contribution in [2.24, 2.45) is 0 Å². The number of carboxylic acid groups (broad SMARTS) is 1. The van der Waals surface area contributed by atoms with Gasteiger partial charge in [-0.1, -0.05) is 36.4 Å². The molecule has 0 unspecified atom stereocenters. The normalized spacial score (nSPS) is 12.8. The van der Waals surface area contributed by atoms with Gasteiger partial charge in [0.15, 0.2) is 0 Å². The summed E-state index contributed by atoms with van der Waals surface area (Å²) >= 11 is 3.49. The van der Waals surface area contributed by atoms with Crippen molar-refractivity contribution in [2.45, 2.75) is 43.0 Å². The molecule has 7 nitrogen and oxygen atoms in total. The molecule has 0 bridgehead atoms. The second kappa shape index (κ2) is 8.90. The molecular weight excluding hydrogens is 544 g/mol. The SMILES string of the molecule is Cc1ccc(Cn2c(C(=O)O)c(Br)c3c2-c2[nH]c(=O)c(S(=O)(=O)c4ccccc4)cc2CC3)cc1C. The lowest BCUT2D eigenvalue weighted by molar-refractivity contribution is 0.0684. The molecule has 2 aromatic carbocycles. The summed E-state index contributed by atoms with van der Waals surface area (Å²) in [5.41, 5.74) is 4.96. The Morgan fingerprint density at radius 1 is 1.06 bits per heavy atom. The second-order valence-corrected chi connectivity index (χ2v) is 11.7. The number of aryl methyl sites for hydroxylation is 3. The Bertz CT molecular complexity index is 1700. The molecule has 36 heavy (non-hydrogen) atoms. The Labute approximate surface area is 216 Å². The number of sulfone groups is 1. The van der Waals surface area contributed by atoms with Crippen LogP contribution in [0.25, 0.3) is 11.4 Å². The van der Waals surface area contributed by atoms with E-state index in [4.69, 9.17) is 0 Å². The molecule has 0 saturated heterocycles. The second-order valence-electron chi connectivity index (χ2n) is 8.98. The number of halogens is 1. The minimum Gasteiger partial charge on any atom is -0.477 e. The van der Waals surface area contributed by atoms with Crippen LogP contribution in [0, 0.1) is 13.8 Å². The summed E-state index contributed by atoms with van der Waals surface area (Å²) in [4.78, 5) is 27.9. The first-order valence-electron chi connectivity index (χ1n) is 11.4. The van der Waals surface area contributed by atoms with E-state index in [2.05, 4.69) is 20.9 Å². The van der Waals surface area contributed by atoms with Crippen molar-refractivity contribution in [2.75, 3.05) is 0 Å². The highest BCUT2D eigenvalue weighted by molar-refractivity contribution is 9.10. The Morgan fingerprint density at radius 3 is 2.44 bits per heavy atom. The van der Waals surface area contributed by atoms with Gasteiger partial charge in [0, 0.05) is 6.54 Å². The maximum absolute atomic E-state index is 13.2. The maximum Gasteiger partial charge on any atom is 0.353 e. The number of fused-ring (bicyclic) bond motifs is 3. The quantitative estimate of drug-likeness (QED) is 0.357. The first-order valence-corrected chi connectivity index (χ1v) is 13.6. The van der Waals surface area contributed by atoms with E-state index >= 15 is 0 Å². The summed E-state index contributed by atoms with van der Waals surface area (Å²) in [6, 6.07) is 15.2. The topological polar surface area (TPSA) is 109 Å². The van der Waals surface area contributed by atoms with Gasteiger partial charge in [-0.3, -0.25) is 4.79 Å². The van der Waals surface area contributed by atoms with E-state index < -0.39 is 21.4 Å². The van der Waals surface area contributed by atoms with E-state index in [1.54, 1.807) is 22.8 Å². The number of H-pyrrole nitrogens is 1. The van der Waals surface area contributed by atoms with Crippen LogP contribution < -0.4 is 5.56 Å². The number of aromatic amines is 1. The minimum atomic E-state index is -4.02. The highest BCUT2D eigenvalue weighted by atomic mass is 79.9. The number of rotatable bonds is 5. The van der Waals surface area contributed by atoms with Crippen LogP contribution in [0.5, 0.6) is 0 Å². The summed E-state index contributed by atoms with van der Waals surface area (Å²) in [6.45, 7) is 4.29. The average molecular weight is 567 g/mol. The number of carboxylic acids is 1. The number of aromatic carboxylic acids is 1. The van der Waals surface area contributed by atoms with E-state index in [9.17, 15) is 23.1 Å². The van der Waals surface area contributed by atoms with Crippen LogP contribution in [-0.4, -0.2) is 29.0 Å². The maximum atomic E-state index is 13.2. The molecule has 0 radical (unpaired) electrons. The summed E-state index contributed by atoms with van der Waals surface area (Å²) in [7, 11) is -4.02. The highest BCUT2D eigenvalue weighted by Crippen LogP contribution is 2.41. The molecular formula is C27H23BrN2O5S. The number of pyridine rings is 1. The molecule has 0 fully saturated rings. The smallest absolute Gasteiger partial charge is 0.353 e. The molecule has 2 heterocycles. The van der Waals surface area contributed by atoms with Crippen molar-refractivity contribution in [1.29, 1.82) is 0 Å². The van der Waals surface area contributed by atoms with Gasteiger partial charge in [0.25, 0.3) is 5.56 Å². The van der Waals surface area contributed by atoms with Gasteiger partial charge in [-0.05, 0) is 88.6 Å². The van der Waals surface area contributed by atoms with Crippen LogP contribution in [-0.2, 0) is 29.2 Å². The molecule has 4 aromatic rings. The molecule has 1 aliphatic carbocycles. The van der Waals surface area contributed by atoms with Crippen molar-refractivity contribution >= 4 is 31.7 Å². The Hall–Kier alpha value is -3.43. The number of carbonyl (C=O) groups is 1. The molecule has 0 atom stereocenters. The Morgan fingerprint density at radius 2 is 1.78 bits per heavy atom. The molecule has 184 valence electrons. The van der Waals surface area contributed by atoms with Crippen molar-refractivity contribution in [3.05, 3.63) is 103 Å². The molecule has 9 heteroatoms. The van der Waals surface area contributed by atoms with Gasteiger partial charge in [-0.25, -0.2) is 13.2 Å². The molecule has 1 aliphatic rings. The Kier molecular flexibility index (Phi) is 6.00. The molecule has 2 N–H and O–H groups in total. The number of nitrogens with one attached hydrogen (secondary N) is 1. The molecule has 0 amide bonds. The lowest BCUT2D eigenvalue weighted by Gasteiger charge is -2.21. The molecule has 0 saturated carbocycles. The standard InChI is InChI=1S/C27H23BrN2O5S/c1-15-8-9-17(12-16(15)2)14-30-24-20(22(28)25(30)27(32)33)11-10-18-13-21(26(31)29-23(18)24)36(34,35)19-6-4-3-5-7-19/h3-9,12-13H,10-11,14H2,1-2H3,(H,29,31)(H,32,33). The van der Waals surface area contributed by atoms with Crippen molar-refractivity contribution < 1.29 is 18.3 Å².